The molecule has 14 heavy (non-hydrogen) atoms. The van der Waals surface area contributed by atoms with Gasteiger partial charge in [0.15, 0.2) is 0 Å². The topological polar surface area (TPSA) is 50.7 Å². The van der Waals surface area contributed by atoms with E-state index in [1.54, 1.807) is 0 Å². The van der Waals surface area contributed by atoms with Gasteiger partial charge in [-0.25, -0.2) is 0 Å². The molecule has 2 N–H and O–H groups in total. The van der Waals surface area contributed by atoms with Crippen LogP contribution in [0.15, 0.2) is 0 Å². The SMILES string of the molecule is CCC1(NC2COCC2O)CCOC1. The molecule has 0 bridgehead atoms. The van der Waals surface area contributed by atoms with Crippen LogP contribution in [0.3, 0.4) is 0 Å². The molecule has 0 radical (unpaired) electrons. The molecule has 2 rings (SSSR count). The van der Waals surface area contributed by atoms with E-state index < -0.39 is 0 Å². The minimum atomic E-state index is -0.362. The van der Waals surface area contributed by atoms with Gasteiger partial charge in [0.2, 0.25) is 0 Å². The van der Waals surface area contributed by atoms with Crippen molar-refractivity contribution in [2.75, 3.05) is 26.4 Å². The van der Waals surface area contributed by atoms with Crippen LogP contribution < -0.4 is 5.32 Å². The molecule has 0 aromatic carbocycles. The Morgan fingerprint density at radius 3 is 2.79 bits per heavy atom. The van der Waals surface area contributed by atoms with Crippen molar-refractivity contribution in [3.63, 3.8) is 0 Å². The molecule has 2 aliphatic rings. The Kier molecular flexibility index (Phi) is 3.07. The van der Waals surface area contributed by atoms with Gasteiger partial charge in [0.1, 0.15) is 0 Å². The van der Waals surface area contributed by atoms with Crippen molar-refractivity contribution in [1.82, 2.24) is 5.32 Å². The van der Waals surface area contributed by atoms with Crippen LogP contribution >= 0.6 is 0 Å². The number of hydrogen-bond acceptors (Lipinski definition) is 4. The third-order valence-corrected chi connectivity index (χ3v) is 3.32. The van der Waals surface area contributed by atoms with Crippen LogP contribution in [-0.4, -0.2) is 49.2 Å². The molecule has 4 nitrogen and oxygen atoms in total. The van der Waals surface area contributed by atoms with E-state index in [0.717, 1.165) is 26.1 Å². The standard InChI is InChI=1S/C10H19NO3/c1-2-10(3-4-13-7-10)11-8-5-14-6-9(8)12/h8-9,11-12H,2-7H2,1H3. The van der Waals surface area contributed by atoms with Gasteiger partial charge in [-0.2, -0.15) is 0 Å². The number of nitrogens with one attached hydrogen (secondary N) is 1. The molecular weight excluding hydrogens is 182 g/mol. The number of aliphatic hydroxyl groups excluding tert-OH is 1. The Morgan fingerprint density at radius 2 is 2.29 bits per heavy atom. The average Bonchev–Trinajstić information content (AvgIpc) is 2.79. The molecule has 2 aliphatic heterocycles. The zero-order chi connectivity index (χ0) is 10.0. The predicted octanol–water partition coefficient (Wildman–Crippen LogP) is -0.0952. The van der Waals surface area contributed by atoms with Gasteiger partial charge in [-0.05, 0) is 12.8 Å². The molecule has 0 aromatic rings. The number of ether oxygens (including phenoxy) is 2. The predicted molar refractivity (Wildman–Crippen MR) is 52.2 cm³/mol. The molecular formula is C10H19NO3. The smallest absolute Gasteiger partial charge is 0.0948 e. The molecule has 82 valence electrons. The molecule has 0 amide bonds. The second kappa shape index (κ2) is 4.14. The molecule has 0 aromatic heterocycles. The van der Waals surface area contributed by atoms with Crippen molar-refractivity contribution >= 4 is 0 Å². The summed E-state index contributed by atoms with van der Waals surface area (Å²) in [6.45, 7) is 4.81. The first-order valence-corrected chi connectivity index (χ1v) is 5.37. The van der Waals surface area contributed by atoms with Crippen LogP contribution in [0.1, 0.15) is 19.8 Å². The molecule has 3 unspecified atom stereocenters. The van der Waals surface area contributed by atoms with Crippen LogP contribution in [0.2, 0.25) is 0 Å². The molecule has 2 heterocycles. The fourth-order valence-corrected chi connectivity index (χ4v) is 2.18. The summed E-state index contributed by atoms with van der Waals surface area (Å²) < 4.78 is 10.6. The minimum Gasteiger partial charge on any atom is -0.389 e. The van der Waals surface area contributed by atoms with Crippen molar-refractivity contribution in [2.24, 2.45) is 0 Å². The molecule has 3 atom stereocenters. The normalized spacial score (nSPS) is 43.3. The summed E-state index contributed by atoms with van der Waals surface area (Å²) >= 11 is 0. The third kappa shape index (κ3) is 1.93. The minimum absolute atomic E-state index is 0.0688. The summed E-state index contributed by atoms with van der Waals surface area (Å²) in [5.41, 5.74) is 0.0688. The fraction of sp³-hybridized carbons (Fsp3) is 1.00. The van der Waals surface area contributed by atoms with Gasteiger partial charge in [0.25, 0.3) is 0 Å². The fourth-order valence-electron chi connectivity index (χ4n) is 2.18. The van der Waals surface area contributed by atoms with Crippen molar-refractivity contribution in [3.8, 4) is 0 Å². The second-order valence-corrected chi connectivity index (χ2v) is 4.29. The van der Waals surface area contributed by atoms with E-state index in [2.05, 4.69) is 12.2 Å². The summed E-state index contributed by atoms with van der Waals surface area (Å²) in [5, 5.41) is 13.1. The molecule has 0 spiro atoms. The van der Waals surface area contributed by atoms with Crippen LogP contribution in [0.5, 0.6) is 0 Å². The largest absolute Gasteiger partial charge is 0.389 e. The van der Waals surface area contributed by atoms with E-state index in [1.807, 2.05) is 0 Å². The Bertz CT molecular complexity index is 192. The molecule has 2 fully saturated rings. The molecule has 2 saturated heterocycles. The van der Waals surface area contributed by atoms with E-state index >= 15 is 0 Å². The van der Waals surface area contributed by atoms with Gasteiger partial charge in [-0.15, -0.1) is 0 Å². The van der Waals surface area contributed by atoms with Crippen LogP contribution in [0.25, 0.3) is 0 Å². The van der Waals surface area contributed by atoms with E-state index in [4.69, 9.17) is 9.47 Å². The lowest BCUT2D eigenvalue weighted by atomic mass is 9.93. The second-order valence-electron chi connectivity index (χ2n) is 4.29. The number of hydrogen-bond donors (Lipinski definition) is 2. The van der Waals surface area contributed by atoms with Gasteiger partial charge < -0.3 is 19.9 Å². The first-order valence-electron chi connectivity index (χ1n) is 5.37. The van der Waals surface area contributed by atoms with Crippen molar-refractivity contribution in [1.29, 1.82) is 0 Å². The molecule has 0 saturated carbocycles. The summed E-state index contributed by atoms with van der Waals surface area (Å²) in [4.78, 5) is 0. The van der Waals surface area contributed by atoms with E-state index in [-0.39, 0.29) is 17.7 Å². The average molecular weight is 201 g/mol. The van der Waals surface area contributed by atoms with Crippen LogP contribution in [0.4, 0.5) is 0 Å². The Hall–Kier alpha value is -0.160. The first-order chi connectivity index (χ1) is 6.76. The van der Waals surface area contributed by atoms with Crippen molar-refractivity contribution in [3.05, 3.63) is 0 Å². The van der Waals surface area contributed by atoms with Gasteiger partial charge in [0.05, 0.1) is 32.0 Å². The Balaban J connectivity index is 1.93. The highest BCUT2D eigenvalue weighted by Crippen LogP contribution is 2.24. The monoisotopic (exact) mass is 201 g/mol. The molecule has 0 aliphatic carbocycles. The lowest BCUT2D eigenvalue weighted by Gasteiger charge is -2.31. The third-order valence-electron chi connectivity index (χ3n) is 3.32. The van der Waals surface area contributed by atoms with Gasteiger partial charge in [-0.1, -0.05) is 6.92 Å². The van der Waals surface area contributed by atoms with Crippen molar-refractivity contribution < 1.29 is 14.6 Å². The van der Waals surface area contributed by atoms with E-state index in [0.29, 0.717) is 13.2 Å². The maximum atomic E-state index is 9.63. The zero-order valence-electron chi connectivity index (χ0n) is 8.66. The Labute approximate surface area is 84.6 Å². The van der Waals surface area contributed by atoms with E-state index in [9.17, 15) is 5.11 Å². The summed E-state index contributed by atoms with van der Waals surface area (Å²) in [6.07, 6.45) is 1.71. The number of aliphatic hydroxyl groups is 1. The van der Waals surface area contributed by atoms with Gasteiger partial charge in [0, 0.05) is 12.1 Å². The summed E-state index contributed by atoms with van der Waals surface area (Å²) in [6, 6.07) is 0.0802. The lowest BCUT2D eigenvalue weighted by molar-refractivity contribution is 0.111. The lowest BCUT2D eigenvalue weighted by Crippen LogP contribution is -2.54. The highest BCUT2D eigenvalue weighted by atomic mass is 16.5. The van der Waals surface area contributed by atoms with Crippen LogP contribution in [0, 0.1) is 0 Å². The number of rotatable bonds is 3. The van der Waals surface area contributed by atoms with Crippen molar-refractivity contribution in [2.45, 2.75) is 37.5 Å². The zero-order valence-corrected chi connectivity index (χ0v) is 8.66. The van der Waals surface area contributed by atoms with Crippen LogP contribution in [-0.2, 0) is 9.47 Å². The Morgan fingerprint density at radius 1 is 1.43 bits per heavy atom. The maximum absolute atomic E-state index is 9.63. The van der Waals surface area contributed by atoms with Gasteiger partial charge >= 0.3 is 0 Å². The highest BCUT2D eigenvalue weighted by molar-refractivity contribution is 4.96. The summed E-state index contributed by atoms with van der Waals surface area (Å²) in [5.74, 6) is 0. The quantitative estimate of drug-likeness (QED) is 0.670. The summed E-state index contributed by atoms with van der Waals surface area (Å²) in [7, 11) is 0. The van der Waals surface area contributed by atoms with Gasteiger partial charge in [-0.3, -0.25) is 0 Å². The maximum Gasteiger partial charge on any atom is 0.0948 e. The highest BCUT2D eigenvalue weighted by Gasteiger charge is 2.38. The first kappa shape index (κ1) is 10.4. The van der Waals surface area contributed by atoms with E-state index in [1.165, 1.54) is 0 Å². The molecule has 4 heteroatoms.